The third kappa shape index (κ3) is 5.87. The number of ether oxygens (including phenoxy) is 3. The molecule has 2 amide bonds. The van der Waals surface area contributed by atoms with Crippen LogP contribution in [0.2, 0.25) is 0 Å². The fraction of sp³-hybridized carbons (Fsp3) is 0.391. The van der Waals surface area contributed by atoms with E-state index in [1.165, 1.54) is 24.1 Å². The van der Waals surface area contributed by atoms with E-state index in [-0.39, 0.29) is 18.7 Å². The minimum Gasteiger partial charge on any atom is -0.494 e. The lowest BCUT2D eigenvalue weighted by Crippen LogP contribution is -2.43. The molecular weight excluding hydrogens is 403 g/mol. The van der Waals surface area contributed by atoms with Gasteiger partial charge in [-0.2, -0.15) is 0 Å². The summed E-state index contributed by atoms with van der Waals surface area (Å²) in [5.74, 6) is -0.244. The molecular formula is C23H27FN2O5. The average molecular weight is 430 g/mol. The highest BCUT2D eigenvalue weighted by molar-refractivity contribution is 5.93. The zero-order chi connectivity index (χ0) is 22.2. The molecule has 8 heteroatoms. The van der Waals surface area contributed by atoms with Crippen LogP contribution in [0.4, 0.5) is 14.9 Å². The van der Waals surface area contributed by atoms with Gasteiger partial charge in [0, 0.05) is 12.1 Å². The Morgan fingerprint density at radius 1 is 1.16 bits per heavy atom. The lowest BCUT2D eigenvalue weighted by atomic mass is 10.2. The van der Waals surface area contributed by atoms with Gasteiger partial charge in [-0.15, -0.1) is 0 Å². The molecule has 1 N–H and O–H groups in total. The number of likely N-dealkylation sites (tertiary alicyclic amines) is 1. The van der Waals surface area contributed by atoms with Gasteiger partial charge in [0.2, 0.25) is 0 Å². The van der Waals surface area contributed by atoms with Crippen LogP contribution in [0.3, 0.4) is 0 Å². The van der Waals surface area contributed by atoms with E-state index >= 15 is 0 Å². The topological polar surface area (TPSA) is 77.1 Å². The third-order valence-corrected chi connectivity index (χ3v) is 5.00. The number of carbonyl (C=O) groups is 2. The monoisotopic (exact) mass is 430 g/mol. The summed E-state index contributed by atoms with van der Waals surface area (Å²) >= 11 is 0. The minimum atomic E-state index is -0.821. The smallest absolute Gasteiger partial charge is 0.328 e. The van der Waals surface area contributed by atoms with Crippen LogP contribution in [0.25, 0.3) is 0 Å². The van der Waals surface area contributed by atoms with Crippen LogP contribution in [0.15, 0.2) is 48.5 Å². The van der Waals surface area contributed by atoms with Crippen LogP contribution >= 0.6 is 0 Å². The lowest BCUT2D eigenvalue weighted by molar-refractivity contribution is -0.144. The van der Waals surface area contributed by atoms with E-state index in [9.17, 15) is 14.0 Å². The summed E-state index contributed by atoms with van der Waals surface area (Å²) < 4.78 is 30.1. The summed E-state index contributed by atoms with van der Waals surface area (Å²) in [5, 5.41) is 2.78. The summed E-state index contributed by atoms with van der Waals surface area (Å²) in [6.07, 6.45) is 1.69. The first kappa shape index (κ1) is 22.4. The molecule has 31 heavy (non-hydrogen) atoms. The van der Waals surface area contributed by atoms with Gasteiger partial charge in [-0.1, -0.05) is 25.5 Å². The fourth-order valence-corrected chi connectivity index (χ4v) is 3.35. The van der Waals surface area contributed by atoms with Crippen LogP contribution in [-0.2, 0) is 9.53 Å². The summed E-state index contributed by atoms with van der Waals surface area (Å²) in [5.41, 5.74) is 0.565. The number of methoxy groups -OCH3 is 1. The Bertz CT molecular complexity index is 890. The number of benzene rings is 2. The molecule has 0 aliphatic carbocycles. The SMILES string of the molecule is CCCCOc1ccc(NC(=O)N2CC(Oc3ccccc3F)CC2C(=O)OC)cc1. The molecule has 1 saturated heterocycles. The van der Waals surface area contributed by atoms with Crippen molar-refractivity contribution >= 4 is 17.7 Å². The Morgan fingerprint density at radius 2 is 1.90 bits per heavy atom. The van der Waals surface area contributed by atoms with Gasteiger partial charge in [-0.25, -0.2) is 14.0 Å². The Balaban J connectivity index is 1.64. The molecule has 1 aliphatic heterocycles. The standard InChI is InChI=1S/C23H27FN2O5/c1-3-4-13-30-17-11-9-16(10-12-17)25-23(28)26-15-18(14-20(26)22(27)29-2)31-21-8-6-5-7-19(21)24/h5-12,18,20H,3-4,13-15H2,1-2H3,(H,25,28). The minimum absolute atomic E-state index is 0.0806. The van der Waals surface area contributed by atoms with E-state index < -0.39 is 30.0 Å². The highest BCUT2D eigenvalue weighted by Gasteiger charge is 2.41. The number of esters is 1. The molecule has 0 spiro atoms. The van der Waals surface area contributed by atoms with Crippen LogP contribution in [0.1, 0.15) is 26.2 Å². The Morgan fingerprint density at radius 3 is 2.58 bits per heavy atom. The van der Waals surface area contributed by atoms with E-state index in [2.05, 4.69) is 12.2 Å². The summed E-state index contributed by atoms with van der Waals surface area (Å²) in [7, 11) is 1.26. The van der Waals surface area contributed by atoms with Crippen LogP contribution in [-0.4, -0.2) is 49.3 Å². The molecule has 1 aliphatic rings. The maximum absolute atomic E-state index is 13.9. The van der Waals surface area contributed by atoms with Crippen molar-refractivity contribution in [1.29, 1.82) is 0 Å². The number of rotatable bonds is 8. The maximum atomic E-state index is 13.9. The summed E-state index contributed by atoms with van der Waals surface area (Å²) in [4.78, 5) is 26.4. The second-order valence-electron chi connectivity index (χ2n) is 7.25. The van der Waals surface area contributed by atoms with Crippen molar-refractivity contribution in [3.05, 3.63) is 54.3 Å². The highest BCUT2D eigenvalue weighted by Crippen LogP contribution is 2.26. The van der Waals surface area contributed by atoms with E-state index in [0.717, 1.165) is 18.6 Å². The molecule has 2 unspecified atom stereocenters. The molecule has 2 aromatic rings. The number of nitrogens with one attached hydrogen (secondary N) is 1. The fourth-order valence-electron chi connectivity index (χ4n) is 3.35. The predicted molar refractivity (Wildman–Crippen MR) is 114 cm³/mol. The molecule has 0 radical (unpaired) electrons. The largest absolute Gasteiger partial charge is 0.494 e. The zero-order valence-electron chi connectivity index (χ0n) is 17.7. The number of nitrogens with zero attached hydrogens (tertiary/aromatic N) is 1. The number of amides is 2. The number of hydrogen-bond acceptors (Lipinski definition) is 5. The lowest BCUT2D eigenvalue weighted by Gasteiger charge is -2.22. The first-order valence-electron chi connectivity index (χ1n) is 10.3. The molecule has 7 nitrogen and oxygen atoms in total. The van der Waals surface area contributed by atoms with Gasteiger partial charge >= 0.3 is 12.0 Å². The van der Waals surface area contributed by atoms with Crippen molar-refractivity contribution in [2.45, 2.75) is 38.3 Å². The predicted octanol–water partition coefficient (Wildman–Crippen LogP) is 4.23. The Labute approximate surface area is 181 Å². The van der Waals surface area contributed by atoms with Crippen molar-refractivity contribution in [3.8, 4) is 11.5 Å². The van der Waals surface area contributed by atoms with Gasteiger partial charge in [0.25, 0.3) is 0 Å². The molecule has 166 valence electrons. The van der Waals surface area contributed by atoms with E-state index in [0.29, 0.717) is 12.3 Å². The van der Waals surface area contributed by atoms with Crippen LogP contribution in [0.5, 0.6) is 11.5 Å². The van der Waals surface area contributed by atoms with Gasteiger partial charge in [-0.3, -0.25) is 0 Å². The van der Waals surface area contributed by atoms with Crippen molar-refractivity contribution in [2.24, 2.45) is 0 Å². The molecule has 2 aromatic carbocycles. The average Bonchev–Trinajstić information content (AvgIpc) is 3.20. The second-order valence-corrected chi connectivity index (χ2v) is 7.25. The quantitative estimate of drug-likeness (QED) is 0.501. The third-order valence-electron chi connectivity index (χ3n) is 5.00. The molecule has 1 fully saturated rings. The molecule has 1 heterocycles. The number of hydrogen-bond donors (Lipinski definition) is 1. The van der Waals surface area contributed by atoms with Crippen LogP contribution in [0, 0.1) is 5.82 Å². The molecule has 2 atom stereocenters. The van der Waals surface area contributed by atoms with Gasteiger partial charge in [0.1, 0.15) is 17.9 Å². The molecule has 0 saturated carbocycles. The van der Waals surface area contributed by atoms with Gasteiger partial charge in [0.05, 0.1) is 20.3 Å². The van der Waals surface area contributed by atoms with E-state index in [4.69, 9.17) is 14.2 Å². The van der Waals surface area contributed by atoms with Crippen molar-refractivity contribution in [3.63, 3.8) is 0 Å². The number of para-hydroxylation sites is 1. The van der Waals surface area contributed by atoms with E-state index in [1.54, 1.807) is 36.4 Å². The number of carbonyl (C=O) groups excluding carboxylic acids is 2. The number of urea groups is 1. The van der Waals surface area contributed by atoms with Gasteiger partial charge in [-0.05, 0) is 42.8 Å². The van der Waals surface area contributed by atoms with Crippen LogP contribution < -0.4 is 14.8 Å². The Kier molecular flexibility index (Phi) is 7.70. The summed E-state index contributed by atoms with van der Waals surface area (Å²) in [6, 6.07) is 11.8. The normalized spacial score (nSPS) is 17.8. The number of unbranched alkanes of at least 4 members (excludes halogenated alkanes) is 1. The Hall–Kier alpha value is -3.29. The van der Waals surface area contributed by atoms with Crippen molar-refractivity contribution in [1.82, 2.24) is 4.90 Å². The maximum Gasteiger partial charge on any atom is 0.328 e. The first-order chi connectivity index (χ1) is 15.0. The molecule has 0 bridgehead atoms. The van der Waals surface area contributed by atoms with E-state index in [1.807, 2.05) is 0 Å². The number of halogens is 1. The molecule has 3 rings (SSSR count). The van der Waals surface area contributed by atoms with Crippen molar-refractivity contribution < 1.29 is 28.2 Å². The number of anilines is 1. The second kappa shape index (κ2) is 10.7. The highest BCUT2D eigenvalue weighted by atomic mass is 19.1. The summed E-state index contributed by atoms with van der Waals surface area (Å²) in [6.45, 7) is 2.85. The zero-order valence-corrected chi connectivity index (χ0v) is 17.7. The molecule has 0 aromatic heterocycles. The van der Waals surface area contributed by atoms with Crippen molar-refractivity contribution in [2.75, 3.05) is 25.6 Å². The van der Waals surface area contributed by atoms with Gasteiger partial charge in [0.15, 0.2) is 11.6 Å². The van der Waals surface area contributed by atoms with Gasteiger partial charge < -0.3 is 24.4 Å². The first-order valence-corrected chi connectivity index (χ1v) is 10.3.